The molecule has 1 unspecified atom stereocenters. The lowest BCUT2D eigenvalue weighted by Gasteiger charge is -2.24. The van der Waals surface area contributed by atoms with Crippen LogP contribution in [0.15, 0.2) is 58.1 Å². The van der Waals surface area contributed by atoms with E-state index in [2.05, 4.69) is 26.3 Å². The Morgan fingerprint density at radius 2 is 1.94 bits per heavy atom. The van der Waals surface area contributed by atoms with Crippen molar-refractivity contribution in [3.05, 3.63) is 64.1 Å². The molecular weight excluding hydrogens is 462 g/mol. The van der Waals surface area contributed by atoms with Crippen LogP contribution in [0, 0.1) is 0 Å². The number of nitrogens with one attached hydrogen (secondary N) is 1. The molecule has 1 fully saturated rings. The fourth-order valence-corrected chi connectivity index (χ4v) is 4.06. The molecule has 4 amide bonds. The summed E-state index contributed by atoms with van der Waals surface area (Å²) >= 11 is 3.48. The van der Waals surface area contributed by atoms with Crippen LogP contribution in [0.5, 0.6) is 0 Å². The van der Waals surface area contributed by atoms with Crippen molar-refractivity contribution in [2.24, 2.45) is 5.10 Å². The van der Waals surface area contributed by atoms with Gasteiger partial charge in [0, 0.05) is 30.7 Å². The highest BCUT2D eigenvalue weighted by Crippen LogP contribution is 2.34. The van der Waals surface area contributed by atoms with Gasteiger partial charge in [0.2, 0.25) is 0 Å². The van der Waals surface area contributed by atoms with Gasteiger partial charge in [-0.05, 0) is 35.4 Å². The third-order valence-electron chi connectivity index (χ3n) is 5.35. The SMILES string of the molecule is CN(C)c1ccc(C2CC(c3cccc(Br)c3)=NN2C(=O)CN2C(=O)CNC2=O)cc1. The number of carbonyl (C=O) groups excluding carboxylic acids is 3. The molecule has 2 aromatic carbocycles. The molecule has 2 aliphatic heterocycles. The van der Waals surface area contributed by atoms with Gasteiger partial charge in [-0.25, -0.2) is 9.80 Å². The van der Waals surface area contributed by atoms with Crippen LogP contribution in [0.3, 0.4) is 0 Å². The summed E-state index contributed by atoms with van der Waals surface area (Å²) in [7, 11) is 3.93. The quantitative estimate of drug-likeness (QED) is 0.662. The maximum absolute atomic E-state index is 13.1. The molecule has 1 saturated heterocycles. The Balaban J connectivity index is 1.64. The molecule has 31 heavy (non-hydrogen) atoms. The molecule has 0 bridgehead atoms. The second-order valence-corrected chi connectivity index (χ2v) is 8.56. The minimum Gasteiger partial charge on any atom is -0.378 e. The minimum atomic E-state index is -0.555. The molecule has 2 heterocycles. The number of nitrogens with zero attached hydrogens (tertiary/aromatic N) is 4. The summed E-state index contributed by atoms with van der Waals surface area (Å²) in [6.07, 6.45) is 0.531. The first-order valence-electron chi connectivity index (χ1n) is 9.84. The van der Waals surface area contributed by atoms with Crippen molar-refractivity contribution in [1.82, 2.24) is 15.2 Å². The fraction of sp³-hybridized carbons (Fsp3) is 0.273. The number of amides is 4. The average Bonchev–Trinajstić information content (AvgIpc) is 3.33. The highest BCUT2D eigenvalue weighted by atomic mass is 79.9. The van der Waals surface area contributed by atoms with E-state index in [0.717, 1.165) is 31.9 Å². The zero-order chi connectivity index (χ0) is 22.1. The van der Waals surface area contributed by atoms with E-state index in [9.17, 15) is 14.4 Å². The highest BCUT2D eigenvalue weighted by molar-refractivity contribution is 9.10. The number of hydrazone groups is 1. The maximum atomic E-state index is 13.1. The molecule has 9 heteroatoms. The Hall–Kier alpha value is -3.20. The van der Waals surface area contributed by atoms with E-state index >= 15 is 0 Å². The van der Waals surface area contributed by atoms with Gasteiger partial charge < -0.3 is 10.2 Å². The standard InChI is InChI=1S/C22H22BrN5O3/c1-26(2)17-8-6-14(7-9-17)19-11-18(15-4-3-5-16(23)10-15)25-28(19)21(30)13-27-20(29)12-24-22(27)31/h3-10,19H,11-13H2,1-2H3,(H,24,31). The van der Waals surface area contributed by atoms with Crippen molar-refractivity contribution >= 4 is 45.2 Å². The first-order valence-corrected chi connectivity index (χ1v) is 10.6. The van der Waals surface area contributed by atoms with Crippen molar-refractivity contribution in [2.45, 2.75) is 12.5 Å². The van der Waals surface area contributed by atoms with Crippen molar-refractivity contribution in [3.63, 3.8) is 0 Å². The Morgan fingerprint density at radius 3 is 2.55 bits per heavy atom. The Bertz CT molecular complexity index is 1050. The molecule has 0 aromatic heterocycles. The molecule has 0 aliphatic carbocycles. The van der Waals surface area contributed by atoms with Crippen LogP contribution in [0.25, 0.3) is 0 Å². The molecule has 0 spiro atoms. The van der Waals surface area contributed by atoms with Crippen LogP contribution >= 0.6 is 15.9 Å². The van der Waals surface area contributed by atoms with Gasteiger partial charge in [0.15, 0.2) is 0 Å². The molecule has 4 rings (SSSR count). The third kappa shape index (κ3) is 4.32. The number of hydrogen-bond donors (Lipinski definition) is 1. The van der Waals surface area contributed by atoms with Gasteiger partial charge in [-0.1, -0.05) is 40.2 Å². The minimum absolute atomic E-state index is 0.0892. The number of rotatable bonds is 5. The lowest BCUT2D eigenvalue weighted by molar-refractivity contribution is -0.137. The van der Waals surface area contributed by atoms with E-state index < -0.39 is 17.8 Å². The van der Waals surface area contributed by atoms with E-state index in [0.29, 0.717) is 6.42 Å². The van der Waals surface area contributed by atoms with E-state index in [4.69, 9.17) is 0 Å². The molecule has 0 radical (unpaired) electrons. The van der Waals surface area contributed by atoms with Gasteiger partial charge in [0.05, 0.1) is 18.3 Å². The van der Waals surface area contributed by atoms with E-state index in [-0.39, 0.29) is 19.1 Å². The first kappa shape index (κ1) is 21.0. The lowest BCUT2D eigenvalue weighted by Crippen LogP contribution is -2.41. The van der Waals surface area contributed by atoms with E-state index in [1.807, 2.05) is 67.5 Å². The predicted octanol–water partition coefficient (Wildman–Crippen LogP) is 2.74. The summed E-state index contributed by atoms with van der Waals surface area (Å²) in [5.41, 5.74) is 3.67. The van der Waals surface area contributed by atoms with E-state index in [1.54, 1.807) is 0 Å². The molecule has 0 saturated carbocycles. The van der Waals surface area contributed by atoms with Crippen LogP contribution in [-0.2, 0) is 9.59 Å². The first-order chi connectivity index (χ1) is 14.8. The van der Waals surface area contributed by atoms with Gasteiger partial charge in [-0.15, -0.1) is 0 Å². The number of imide groups is 1. The van der Waals surface area contributed by atoms with Gasteiger partial charge in [-0.2, -0.15) is 5.10 Å². The second-order valence-electron chi connectivity index (χ2n) is 7.64. The molecular formula is C22H22BrN5O3. The van der Waals surface area contributed by atoms with Crippen molar-refractivity contribution in [3.8, 4) is 0 Å². The Kier molecular flexibility index (Phi) is 5.77. The summed E-state index contributed by atoms with van der Waals surface area (Å²) in [5.74, 6) is -0.822. The molecule has 2 aromatic rings. The zero-order valence-corrected chi connectivity index (χ0v) is 18.8. The lowest BCUT2D eigenvalue weighted by atomic mass is 9.98. The topological polar surface area (TPSA) is 85.3 Å². The third-order valence-corrected chi connectivity index (χ3v) is 5.84. The summed E-state index contributed by atoms with van der Waals surface area (Å²) in [4.78, 5) is 39.9. The van der Waals surface area contributed by atoms with Gasteiger partial charge in [-0.3, -0.25) is 14.5 Å². The van der Waals surface area contributed by atoms with Gasteiger partial charge in [0.1, 0.15) is 6.54 Å². The van der Waals surface area contributed by atoms with E-state index in [1.165, 1.54) is 5.01 Å². The van der Waals surface area contributed by atoms with Crippen molar-refractivity contribution in [2.75, 3.05) is 32.1 Å². The number of urea groups is 1. The van der Waals surface area contributed by atoms with Crippen LogP contribution in [0.2, 0.25) is 0 Å². The van der Waals surface area contributed by atoms with Gasteiger partial charge >= 0.3 is 6.03 Å². The van der Waals surface area contributed by atoms with Crippen molar-refractivity contribution in [1.29, 1.82) is 0 Å². The summed E-state index contributed by atoms with van der Waals surface area (Å²) in [6, 6.07) is 14.8. The zero-order valence-electron chi connectivity index (χ0n) is 17.2. The molecule has 8 nitrogen and oxygen atoms in total. The molecule has 1 N–H and O–H groups in total. The Labute approximate surface area is 188 Å². The number of anilines is 1. The summed E-state index contributed by atoms with van der Waals surface area (Å²) in [5, 5.41) is 8.45. The molecule has 2 aliphatic rings. The number of benzene rings is 2. The largest absolute Gasteiger partial charge is 0.378 e. The average molecular weight is 484 g/mol. The highest BCUT2D eigenvalue weighted by Gasteiger charge is 2.37. The number of carbonyl (C=O) groups is 3. The molecule has 160 valence electrons. The number of hydrogen-bond acceptors (Lipinski definition) is 5. The fourth-order valence-electron chi connectivity index (χ4n) is 3.66. The predicted molar refractivity (Wildman–Crippen MR) is 121 cm³/mol. The van der Waals surface area contributed by atoms with Crippen LogP contribution in [0.1, 0.15) is 23.6 Å². The summed E-state index contributed by atoms with van der Waals surface area (Å²) in [6.45, 7) is -0.430. The van der Waals surface area contributed by atoms with Crippen LogP contribution < -0.4 is 10.2 Å². The van der Waals surface area contributed by atoms with Crippen LogP contribution in [-0.4, -0.2) is 60.7 Å². The normalized spacial score (nSPS) is 18.3. The maximum Gasteiger partial charge on any atom is 0.325 e. The summed E-state index contributed by atoms with van der Waals surface area (Å²) < 4.78 is 0.920. The Morgan fingerprint density at radius 1 is 1.19 bits per heavy atom. The monoisotopic (exact) mass is 483 g/mol. The van der Waals surface area contributed by atoms with Crippen molar-refractivity contribution < 1.29 is 14.4 Å². The van der Waals surface area contributed by atoms with Gasteiger partial charge in [0.25, 0.3) is 11.8 Å². The second kappa shape index (κ2) is 8.50. The number of halogens is 1. The smallest absolute Gasteiger partial charge is 0.325 e. The van der Waals surface area contributed by atoms with Crippen LogP contribution in [0.4, 0.5) is 10.5 Å². The molecule has 1 atom stereocenters.